The first kappa shape index (κ1) is 25.3. The van der Waals surface area contributed by atoms with Gasteiger partial charge in [0.2, 0.25) is 5.91 Å². The molecule has 0 bridgehead atoms. The Bertz CT molecular complexity index is 1340. The Morgan fingerprint density at radius 1 is 1.28 bits per heavy atom. The van der Waals surface area contributed by atoms with Gasteiger partial charge in [-0.25, -0.2) is 9.67 Å². The maximum atomic E-state index is 13.7. The Kier molecular flexibility index (Phi) is 6.91. The number of amides is 1. The topological polar surface area (TPSA) is 82.2 Å². The lowest BCUT2D eigenvalue weighted by atomic mass is 9.99. The van der Waals surface area contributed by atoms with Crippen LogP contribution in [0.3, 0.4) is 0 Å². The Morgan fingerprint density at radius 2 is 2.03 bits per heavy atom. The van der Waals surface area contributed by atoms with Crippen LogP contribution in [0.25, 0.3) is 16.7 Å². The van der Waals surface area contributed by atoms with Gasteiger partial charge in [-0.15, -0.1) is 0 Å². The molecule has 3 unspecified atom stereocenters. The van der Waals surface area contributed by atoms with Gasteiger partial charge < -0.3 is 9.64 Å². The molecule has 2 aliphatic rings. The molecule has 2 aromatic heterocycles. The van der Waals surface area contributed by atoms with Crippen molar-refractivity contribution in [3.05, 3.63) is 45.8 Å². The zero-order valence-electron chi connectivity index (χ0n) is 21.1. The summed E-state index contributed by atoms with van der Waals surface area (Å²) < 4.78 is 9.53. The third kappa shape index (κ3) is 4.46. The first-order valence-electron chi connectivity index (χ1n) is 12.6. The number of nitrogens with zero attached hydrogens (tertiary/aromatic N) is 5. The molecule has 8 nitrogen and oxygen atoms in total. The second-order valence-electron chi connectivity index (χ2n) is 10.3. The van der Waals surface area contributed by atoms with Crippen molar-refractivity contribution in [2.24, 2.45) is 5.92 Å². The number of carbonyl (C=O) groups is 1. The van der Waals surface area contributed by atoms with Gasteiger partial charge in [0.05, 0.1) is 30.6 Å². The summed E-state index contributed by atoms with van der Waals surface area (Å²) in [6.07, 6.45) is 4.42. The minimum atomic E-state index is -0.608. The van der Waals surface area contributed by atoms with Crippen LogP contribution in [0.5, 0.6) is 0 Å². The molecule has 1 amide bonds. The van der Waals surface area contributed by atoms with Gasteiger partial charge >= 0.3 is 0 Å². The molecule has 0 N–H and O–H groups in total. The summed E-state index contributed by atoms with van der Waals surface area (Å²) in [4.78, 5) is 34.0. The van der Waals surface area contributed by atoms with Gasteiger partial charge in [-0.1, -0.05) is 44.1 Å². The van der Waals surface area contributed by atoms with Gasteiger partial charge in [-0.2, -0.15) is 5.10 Å². The smallest absolute Gasteiger partial charge is 0.265 e. The average Bonchev–Trinajstić information content (AvgIpc) is 3.54. The first-order valence-corrected chi connectivity index (χ1v) is 13.9. The van der Waals surface area contributed by atoms with Crippen LogP contribution < -0.4 is 5.56 Å². The van der Waals surface area contributed by atoms with Crippen molar-refractivity contribution in [2.45, 2.75) is 76.3 Å². The van der Waals surface area contributed by atoms with E-state index in [-0.39, 0.29) is 30.0 Å². The standard InChI is InChI=1S/C26H32ClN5O3S/c1-5-18-14-35-26(4,11-10-16(2)3)31(18)22(33)12-20-15-36-25-29-23-21(24(34)30(20)25)13-28-32(23)19-8-6-17(27)7-9-19/h6-9,13,16,18,20H,5,10-12,14-15H2,1-4H3. The highest BCUT2D eigenvalue weighted by atomic mass is 35.5. The zero-order chi connectivity index (χ0) is 25.6. The van der Waals surface area contributed by atoms with Crippen molar-refractivity contribution in [3.63, 3.8) is 0 Å². The monoisotopic (exact) mass is 529 g/mol. The number of hydrogen-bond acceptors (Lipinski definition) is 6. The molecule has 3 atom stereocenters. The SMILES string of the molecule is CCC1COC(C)(CCC(C)C)N1C(=O)CC1CSc2nc3c(cnn3-c3ccc(Cl)cc3)c(=O)n21. The third-order valence-electron chi connectivity index (χ3n) is 7.24. The van der Waals surface area contributed by atoms with E-state index in [4.69, 9.17) is 21.3 Å². The van der Waals surface area contributed by atoms with E-state index in [1.54, 1.807) is 27.6 Å². The molecule has 1 aromatic carbocycles. The zero-order valence-corrected chi connectivity index (χ0v) is 22.7. The average molecular weight is 530 g/mol. The molecule has 4 heterocycles. The predicted molar refractivity (Wildman–Crippen MR) is 142 cm³/mol. The van der Waals surface area contributed by atoms with Crippen LogP contribution in [0.1, 0.15) is 59.4 Å². The van der Waals surface area contributed by atoms with Crippen molar-refractivity contribution < 1.29 is 9.53 Å². The number of aromatic nitrogens is 4. The van der Waals surface area contributed by atoms with E-state index >= 15 is 0 Å². The summed E-state index contributed by atoms with van der Waals surface area (Å²) in [6.45, 7) is 9.04. The molecule has 2 aliphatic heterocycles. The van der Waals surface area contributed by atoms with Crippen LogP contribution in [0.2, 0.25) is 5.02 Å². The molecule has 0 spiro atoms. The fraction of sp³-hybridized carbons (Fsp3) is 0.538. The van der Waals surface area contributed by atoms with Gasteiger partial charge in [-0.05, 0) is 56.4 Å². The highest BCUT2D eigenvalue weighted by molar-refractivity contribution is 7.99. The minimum Gasteiger partial charge on any atom is -0.354 e. The van der Waals surface area contributed by atoms with Gasteiger partial charge in [0, 0.05) is 17.2 Å². The van der Waals surface area contributed by atoms with Gasteiger partial charge in [0.1, 0.15) is 11.1 Å². The van der Waals surface area contributed by atoms with Crippen LogP contribution >= 0.6 is 23.4 Å². The Morgan fingerprint density at radius 3 is 2.72 bits per heavy atom. The number of hydrogen-bond donors (Lipinski definition) is 0. The lowest BCUT2D eigenvalue weighted by Gasteiger charge is -2.37. The van der Waals surface area contributed by atoms with E-state index in [0.717, 1.165) is 24.9 Å². The summed E-state index contributed by atoms with van der Waals surface area (Å²) >= 11 is 7.53. The molecule has 0 aliphatic carbocycles. The van der Waals surface area contributed by atoms with Gasteiger partial charge in [0.25, 0.3) is 5.56 Å². The van der Waals surface area contributed by atoms with Crippen molar-refractivity contribution in [3.8, 4) is 5.69 Å². The van der Waals surface area contributed by atoms with E-state index in [0.29, 0.717) is 39.5 Å². The van der Waals surface area contributed by atoms with Crippen LogP contribution in [0.15, 0.2) is 40.4 Å². The second-order valence-corrected chi connectivity index (χ2v) is 11.7. The van der Waals surface area contributed by atoms with E-state index in [9.17, 15) is 9.59 Å². The molecule has 5 rings (SSSR count). The Balaban J connectivity index is 1.43. The van der Waals surface area contributed by atoms with Gasteiger partial charge in [0.15, 0.2) is 10.8 Å². The predicted octanol–water partition coefficient (Wildman–Crippen LogP) is 5.06. The number of benzene rings is 1. The molecule has 3 aromatic rings. The lowest BCUT2D eigenvalue weighted by Crippen LogP contribution is -2.50. The van der Waals surface area contributed by atoms with E-state index < -0.39 is 5.72 Å². The molecular weight excluding hydrogens is 498 g/mol. The number of carbonyl (C=O) groups excluding carboxylic acids is 1. The largest absolute Gasteiger partial charge is 0.354 e. The molecule has 0 radical (unpaired) electrons. The highest BCUT2D eigenvalue weighted by Crippen LogP contribution is 2.38. The molecular formula is C26H32ClN5O3S. The van der Waals surface area contributed by atoms with Crippen LogP contribution in [0, 0.1) is 5.92 Å². The first-order chi connectivity index (χ1) is 17.2. The fourth-order valence-electron chi connectivity index (χ4n) is 5.17. The number of thioether (sulfide) groups is 1. The maximum absolute atomic E-state index is 13.7. The number of ether oxygens (including phenoxy) is 1. The maximum Gasteiger partial charge on any atom is 0.265 e. The van der Waals surface area contributed by atoms with E-state index in [2.05, 4.69) is 25.9 Å². The summed E-state index contributed by atoms with van der Waals surface area (Å²) in [6, 6.07) is 7.04. The summed E-state index contributed by atoms with van der Waals surface area (Å²) in [5, 5.41) is 6.10. The van der Waals surface area contributed by atoms with Crippen molar-refractivity contribution in [2.75, 3.05) is 12.4 Å². The molecule has 36 heavy (non-hydrogen) atoms. The second kappa shape index (κ2) is 9.84. The summed E-state index contributed by atoms with van der Waals surface area (Å²) in [5.41, 5.74) is 0.517. The minimum absolute atomic E-state index is 0.0351. The number of fused-ring (bicyclic) bond motifs is 2. The molecule has 1 fully saturated rings. The van der Waals surface area contributed by atoms with Crippen molar-refractivity contribution in [1.29, 1.82) is 0 Å². The summed E-state index contributed by atoms with van der Waals surface area (Å²) in [7, 11) is 0. The van der Waals surface area contributed by atoms with Crippen molar-refractivity contribution >= 4 is 40.3 Å². The van der Waals surface area contributed by atoms with Crippen LogP contribution in [-0.4, -0.2) is 54.3 Å². The molecule has 192 valence electrons. The third-order valence-corrected chi connectivity index (χ3v) is 8.59. The molecule has 0 saturated carbocycles. The normalized spacial score (nSPS) is 23.7. The highest BCUT2D eigenvalue weighted by Gasteiger charge is 2.46. The summed E-state index contributed by atoms with van der Waals surface area (Å²) in [5.74, 6) is 1.19. The quantitative estimate of drug-likeness (QED) is 0.398. The number of rotatable bonds is 7. The fourth-order valence-corrected chi connectivity index (χ4v) is 6.43. The molecule has 1 saturated heterocycles. The Hall–Kier alpha value is -2.36. The van der Waals surface area contributed by atoms with Gasteiger partial charge in [-0.3, -0.25) is 14.2 Å². The van der Waals surface area contributed by atoms with E-state index in [1.807, 2.05) is 24.0 Å². The van der Waals surface area contributed by atoms with Crippen LogP contribution in [0.4, 0.5) is 0 Å². The van der Waals surface area contributed by atoms with Crippen LogP contribution in [-0.2, 0) is 9.53 Å². The number of halogens is 1. The lowest BCUT2D eigenvalue weighted by molar-refractivity contribution is -0.151. The van der Waals surface area contributed by atoms with Crippen molar-refractivity contribution in [1.82, 2.24) is 24.2 Å². The Labute approximate surface area is 220 Å². The van der Waals surface area contributed by atoms with E-state index in [1.165, 1.54) is 11.8 Å². The molecule has 10 heteroatoms.